The van der Waals surface area contributed by atoms with Crippen molar-refractivity contribution in [1.82, 2.24) is 33.9 Å². The first-order valence-corrected chi connectivity index (χ1v) is 40.1. The molecule has 3 aromatic heterocycles. The van der Waals surface area contributed by atoms with Crippen molar-refractivity contribution in [2.75, 3.05) is 0 Å². The minimum atomic E-state index is -5.79. The Labute approximate surface area is 561 Å². The largest absolute Gasteiger partial charge is 0.490 e. The van der Waals surface area contributed by atoms with Crippen LogP contribution in [0.4, 0.5) is 0 Å². The molecule has 0 bridgehead atoms. The Kier molecular flexibility index (Phi) is 28.8. The van der Waals surface area contributed by atoms with Crippen LogP contribution in [-0.2, 0) is 94.7 Å². The number of rotatable bonds is 24. The summed E-state index contributed by atoms with van der Waals surface area (Å²) in [6.45, 7) is 9.94. The lowest BCUT2D eigenvalue weighted by Gasteiger charge is -2.29. The minimum absolute atomic E-state index is 0.0693. The molecule has 6 heterocycles. The van der Waals surface area contributed by atoms with E-state index in [9.17, 15) is 115 Å². The highest BCUT2D eigenvalue weighted by atomic mass is 31.3. The fraction of sp³-hybridized carbons (Fsp3) is 0.575. The minimum Gasteiger partial charge on any atom is -0.387 e. The third-order valence-corrected chi connectivity index (χ3v) is 24.6. The number of nitrogens with two attached hydrogens (primary N) is 3. The molecule has 21 atom stereocenters. The zero-order chi connectivity index (χ0) is 78.0. The number of aromatic nitrogens is 7. The maximum atomic E-state index is 12.4. The maximum Gasteiger partial charge on any atom is 0.490 e. The van der Waals surface area contributed by atoms with Crippen molar-refractivity contribution in [1.29, 1.82) is 0 Å². The Hall–Kier alpha value is -4.48. The van der Waals surface area contributed by atoms with Gasteiger partial charge in [-0.2, -0.15) is 35.6 Å². The van der Waals surface area contributed by atoms with Crippen molar-refractivity contribution in [3.63, 3.8) is 0 Å². The molecule has 52 nitrogen and oxygen atoms in total. The first-order chi connectivity index (χ1) is 45.5. The van der Waals surface area contributed by atoms with Crippen molar-refractivity contribution < 1.29 is 169 Å². The molecule has 570 valence electrons. The molecule has 0 aromatic carbocycles. The summed E-state index contributed by atoms with van der Waals surface area (Å²) in [7, 11) is -50.9. The molecule has 0 radical (unpaired) electrons. The number of aryl methyl sites for hydroxylation is 2. The van der Waals surface area contributed by atoms with E-state index in [0.717, 1.165) is 42.0 Å². The SMILES string of the molecule is CC#CC1(N)[C@@H](O)[C@@H]([C@@H](C)OP(=O)(O)OP(=O)(O)OP(=O)(O)O)O[C@H]1n1c(C)cc(=O)[nH]c1=O.CC#CC1(N)[C@@H](O)[C@@H]([C@@H](C)OP(=O)(O)OP(=O)(O)OP(=O)(O)O)O[C@H]1n1ncc(=O)[nH]c1=O.CC#CC1(N)[C@@H](O)[C@@H]([C@H](C)OP(=O)(O)OP(=O)(O)OP(=O)(O)O)O[C@H]1n1c(C)cc(=O)[nH]c1=O. The standard InChI is InChI=1S/2C14H22N3O14P3.C12H19N4O14P3/c2*1-4-5-14(15)11(19)10(28-12(14)17-7(2)6-9(18)16-13(17)20)8(3)29-33(24,25)31-34(26,27)30-32(21,22)23;1-3-4-12(13)9(18)8(27-10(12)16-11(19)15-7(17)5-14-16)6(2)28-32(23,24)30-33(25,26)29-31(20,21)22/h2*6,8,10-12,19H,15H2,1-3H3,(H,24,25)(H,26,27)(H,16,18,20)(H2,21,22,23);5-6,8-10,18H,13H2,1-2H3,(H,23,24)(H,25,26)(H,15,17,19)(H2,20,21,22)/t8-,10+,11-,12+,14?;8-,10-,11+,12-,14?;6-,8-,9+,10-,12?/m011/s1. The molecule has 3 aliphatic rings. The van der Waals surface area contributed by atoms with Gasteiger partial charge in [0.1, 0.15) is 42.8 Å². The van der Waals surface area contributed by atoms with E-state index in [0.29, 0.717) is 10.9 Å². The van der Waals surface area contributed by atoms with Gasteiger partial charge in [-0.15, -0.1) is 17.8 Å². The first-order valence-electron chi connectivity index (χ1n) is 26.5. The smallest absolute Gasteiger partial charge is 0.387 e. The van der Waals surface area contributed by atoms with E-state index in [1.54, 1.807) is 0 Å². The van der Waals surface area contributed by atoms with E-state index >= 15 is 0 Å². The molecule has 3 fully saturated rings. The normalized spacial score (nSPS) is 29.7. The predicted octanol–water partition coefficient (Wildman–Crippen LogP) is -5.25. The zero-order valence-corrected chi connectivity index (χ0v) is 60.0. The van der Waals surface area contributed by atoms with Gasteiger partial charge in [-0.25, -0.2) is 55.5 Å². The molecule has 0 aliphatic carbocycles. The third-order valence-electron chi connectivity index (χ3n) is 12.8. The summed E-state index contributed by atoms with van der Waals surface area (Å²) < 4.78 is 158. The first kappa shape index (κ1) is 88.9. The van der Waals surface area contributed by atoms with Crippen LogP contribution in [0.3, 0.4) is 0 Å². The van der Waals surface area contributed by atoms with Crippen molar-refractivity contribution in [2.45, 2.75) is 146 Å². The molecule has 101 heavy (non-hydrogen) atoms. The molecule has 0 amide bonds. The van der Waals surface area contributed by atoms with Crippen LogP contribution in [0, 0.1) is 49.4 Å². The van der Waals surface area contributed by atoms with Crippen LogP contribution in [0.1, 0.15) is 71.6 Å². The quantitative estimate of drug-likeness (QED) is 0.0294. The fourth-order valence-corrected chi connectivity index (χ4v) is 18.9. The number of H-pyrrole nitrogens is 3. The highest BCUT2D eigenvalue weighted by Crippen LogP contribution is 2.69. The van der Waals surface area contributed by atoms with Crippen molar-refractivity contribution in [3.05, 3.63) is 92.2 Å². The summed E-state index contributed by atoms with van der Waals surface area (Å²) in [4.78, 5) is 186. The van der Waals surface area contributed by atoms with E-state index in [4.69, 9.17) is 60.8 Å². The van der Waals surface area contributed by atoms with Crippen LogP contribution >= 0.6 is 70.4 Å². The number of phosphoric ester groups is 3. The second-order valence-corrected chi connectivity index (χ2v) is 33.7. The summed E-state index contributed by atoms with van der Waals surface area (Å²) in [6.07, 6.45) is -19.3. The number of aromatic amines is 3. The molecule has 9 unspecified atom stereocenters. The highest BCUT2D eigenvalue weighted by molar-refractivity contribution is 7.67. The van der Waals surface area contributed by atoms with Crippen LogP contribution in [0.2, 0.25) is 0 Å². The monoisotopic (exact) mass is 1630 g/mol. The van der Waals surface area contributed by atoms with Gasteiger partial charge in [-0.1, -0.05) is 17.8 Å². The van der Waals surface area contributed by atoms with E-state index in [2.05, 4.69) is 80.1 Å². The molecule has 24 N–H and O–H groups in total. The molecule has 0 saturated carbocycles. The number of ether oxygens (including phenoxy) is 3. The van der Waals surface area contributed by atoms with Gasteiger partial charge in [0, 0.05) is 23.5 Å². The molecule has 0 spiro atoms. The van der Waals surface area contributed by atoms with Crippen molar-refractivity contribution >= 4 is 70.4 Å². The Morgan fingerprint density at radius 2 is 0.703 bits per heavy atom. The van der Waals surface area contributed by atoms with Crippen molar-refractivity contribution in [2.24, 2.45) is 17.2 Å². The van der Waals surface area contributed by atoms with Crippen LogP contribution in [-0.4, -0.2) is 179 Å². The average Bonchev–Trinajstić information content (AvgIpc) is 1.61. The molecule has 61 heteroatoms. The zero-order valence-electron chi connectivity index (χ0n) is 51.9. The summed E-state index contributed by atoms with van der Waals surface area (Å²) >= 11 is 0. The second-order valence-electron chi connectivity index (χ2n) is 20.6. The number of nitrogens with one attached hydrogen (secondary N) is 3. The van der Waals surface area contributed by atoms with Gasteiger partial charge >= 0.3 is 87.5 Å². The second kappa shape index (κ2) is 32.7. The summed E-state index contributed by atoms with van der Waals surface area (Å²) in [6, 6.07) is 2.08. The number of aliphatic hydroxyl groups excluding tert-OH is 3. The molecular weight excluding hydrogens is 1570 g/mol. The number of phosphoric acid groups is 9. The van der Waals surface area contributed by atoms with Crippen LogP contribution in [0.25, 0.3) is 0 Å². The average molecular weight is 1630 g/mol. The number of aliphatic hydroxyl groups is 3. The Balaban J connectivity index is 0.000000321. The van der Waals surface area contributed by atoms with Gasteiger partial charge in [0.2, 0.25) is 0 Å². The molecule has 3 aliphatic heterocycles. The van der Waals surface area contributed by atoms with E-state index < -0.39 is 194 Å². The van der Waals surface area contributed by atoms with Crippen LogP contribution < -0.4 is 50.9 Å². The maximum absolute atomic E-state index is 12.4. The molecule has 6 rings (SSSR count). The summed E-state index contributed by atoms with van der Waals surface area (Å²) in [5.41, 5.74) is 7.28. The van der Waals surface area contributed by atoms with Gasteiger partial charge < -0.3 is 105 Å². The van der Waals surface area contributed by atoms with Gasteiger partial charge in [-0.05, 0) is 55.4 Å². The van der Waals surface area contributed by atoms with Crippen LogP contribution in [0.5, 0.6) is 0 Å². The summed E-state index contributed by atoms with van der Waals surface area (Å²) in [5.74, 6) is 14.7. The summed E-state index contributed by atoms with van der Waals surface area (Å²) in [5, 5.41) is 35.8. The lowest BCUT2D eigenvalue weighted by atomic mass is 9.90. The van der Waals surface area contributed by atoms with E-state index in [1.807, 2.05) is 15.0 Å². The number of hydrogen-bond acceptors (Lipinski definition) is 34. The Bertz CT molecular complexity index is 4450. The number of nitrogens with zero attached hydrogens (tertiary/aromatic N) is 4. The topological polar surface area (TPSA) is 823 Å². The molecule has 3 saturated heterocycles. The molecular formula is C40H63N10O42P9. The van der Waals surface area contributed by atoms with Gasteiger partial charge in [0.05, 0.1) is 18.3 Å². The lowest BCUT2D eigenvalue weighted by molar-refractivity contribution is -0.0794. The Morgan fingerprint density at radius 1 is 0.446 bits per heavy atom. The van der Waals surface area contributed by atoms with Gasteiger partial charge in [-0.3, -0.25) is 52.0 Å². The predicted molar refractivity (Wildman–Crippen MR) is 325 cm³/mol. The molecule has 3 aromatic rings. The van der Waals surface area contributed by atoms with E-state index in [-0.39, 0.29) is 11.4 Å². The van der Waals surface area contributed by atoms with Gasteiger partial charge in [0.25, 0.3) is 16.7 Å². The van der Waals surface area contributed by atoms with E-state index in [1.165, 1.54) is 34.6 Å². The highest BCUT2D eigenvalue weighted by Gasteiger charge is 2.61. The lowest BCUT2D eigenvalue weighted by Crippen LogP contribution is -2.56. The van der Waals surface area contributed by atoms with Crippen molar-refractivity contribution in [3.8, 4) is 35.5 Å². The third kappa shape index (κ3) is 23.8. The Morgan fingerprint density at radius 3 is 0.950 bits per heavy atom. The van der Waals surface area contributed by atoms with Gasteiger partial charge in [0.15, 0.2) is 35.3 Å². The number of hydrogen-bond donors (Lipinski definition) is 21. The fourth-order valence-electron chi connectivity index (χ4n) is 9.29. The van der Waals surface area contributed by atoms with Crippen LogP contribution in [0.15, 0.2) is 47.1 Å².